The van der Waals surface area contributed by atoms with Gasteiger partial charge in [0.15, 0.2) is 0 Å². The van der Waals surface area contributed by atoms with E-state index >= 15 is 0 Å². The van der Waals surface area contributed by atoms with Crippen molar-refractivity contribution in [3.8, 4) is 0 Å². The minimum atomic E-state index is -0.655. The lowest BCUT2D eigenvalue weighted by Gasteiger charge is -2.20. The highest BCUT2D eigenvalue weighted by atomic mass is 16.2. The van der Waals surface area contributed by atoms with Crippen LogP contribution in [0.4, 0.5) is 22.0 Å². The van der Waals surface area contributed by atoms with Crippen LogP contribution in [0.3, 0.4) is 0 Å². The maximum absolute atomic E-state index is 13.0. The summed E-state index contributed by atoms with van der Waals surface area (Å²) in [5, 5.41) is 5.84. The van der Waals surface area contributed by atoms with E-state index in [0.29, 0.717) is 43.0 Å². The van der Waals surface area contributed by atoms with Crippen LogP contribution in [0, 0.1) is 0 Å². The second-order valence-electron chi connectivity index (χ2n) is 9.13. The van der Waals surface area contributed by atoms with Crippen LogP contribution in [-0.4, -0.2) is 47.9 Å². The van der Waals surface area contributed by atoms with Crippen LogP contribution < -0.4 is 15.5 Å². The molecule has 4 amide bonds. The van der Waals surface area contributed by atoms with Crippen molar-refractivity contribution in [3.63, 3.8) is 0 Å². The highest BCUT2D eigenvalue weighted by Crippen LogP contribution is 2.46. The van der Waals surface area contributed by atoms with Crippen molar-refractivity contribution in [2.45, 2.75) is 18.3 Å². The number of amides is 4. The normalized spacial score (nSPS) is 20.5. The van der Waals surface area contributed by atoms with Crippen LogP contribution in [0.5, 0.6) is 0 Å². The molecule has 8 heteroatoms. The van der Waals surface area contributed by atoms with Crippen LogP contribution in [0.25, 0.3) is 0 Å². The smallest absolute Gasteiger partial charge is 0.324 e. The zero-order valence-electron chi connectivity index (χ0n) is 18.7. The molecule has 1 saturated heterocycles. The minimum absolute atomic E-state index is 0.0259. The minimum Gasteiger partial charge on any atom is -0.326 e. The molecule has 2 aromatic carbocycles. The predicted octanol–water partition coefficient (Wildman–Crippen LogP) is 3.19. The van der Waals surface area contributed by atoms with E-state index in [0.717, 1.165) is 22.4 Å². The SMILES string of the molecule is CN1CCN(c2ccc(NC(=O)c3ccc4c(c3)CC3(C4)C(=O)Nc4ncccc43)cc2)C1=O. The second-order valence-corrected chi connectivity index (χ2v) is 9.13. The fraction of sp³-hybridized carbons (Fsp3) is 0.231. The first-order valence-electron chi connectivity index (χ1n) is 11.3. The fourth-order valence-corrected chi connectivity index (χ4v) is 5.22. The van der Waals surface area contributed by atoms with Gasteiger partial charge in [-0.2, -0.15) is 0 Å². The molecule has 1 atom stereocenters. The van der Waals surface area contributed by atoms with Crippen LogP contribution in [-0.2, 0) is 23.1 Å². The summed E-state index contributed by atoms with van der Waals surface area (Å²) in [6.45, 7) is 1.34. The number of pyridine rings is 1. The molecule has 1 aliphatic carbocycles. The van der Waals surface area contributed by atoms with Crippen LogP contribution in [0.2, 0.25) is 0 Å². The molecule has 3 aliphatic rings. The number of carbonyl (C=O) groups is 3. The fourth-order valence-electron chi connectivity index (χ4n) is 5.22. The third-order valence-electron chi connectivity index (χ3n) is 7.10. The topological polar surface area (TPSA) is 94.6 Å². The van der Waals surface area contributed by atoms with Gasteiger partial charge in [0.1, 0.15) is 5.82 Å². The van der Waals surface area contributed by atoms with Gasteiger partial charge >= 0.3 is 6.03 Å². The van der Waals surface area contributed by atoms with Crippen LogP contribution in [0.15, 0.2) is 60.8 Å². The largest absolute Gasteiger partial charge is 0.326 e. The molecule has 8 nitrogen and oxygen atoms in total. The Hall–Kier alpha value is -4.20. The Kier molecular flexibility index (Phi) is 4.45. The maximum Gasteiger partial charge on any atom is 0.324 e. The summed E-state index contributed by atoms with van der Waals surface area (Å²) in [4.78, 5) is 45.7. The Labute approximate surface area is 196 Å². The van der Waals surface area contributed by atoms with Gasteiger partial charge in [0.05, 0.1) is 5.41 Å². The average Bonchev–Trinajstić information content (AvgIpc) is 3.48. The van der Waals surface area contributed by atoms with Gasteiger partial charge in [-0.05, 0) is 66.4 Å². The molecule has 34 heavy (non-hydrogen) atoms. The Morgan fingerprint density at radius 1 is 1.03 bits per heavy atom. The first kappa shape index (κ1) is 20.4. The molecule has 170 valence electrons. The third kappa shape index (κ3) is 3.06. The van der Waals surface area contributed by atoms with Gasteiger partial charge in [0.2, 0.25) is 5.91 Å². The van der Waals surface area contributed by atoms with Crippen molar-refractivity contribution in [1.82, 2.24) is 9.88 Å². The molecule has 1 aromatic heterocycles. The zero-order valence-corrected chi connectivity index (χ0v) is 18.7. The van der Waals surface area contributed by atoms with Gasteiger partial charge in [0, 0.05) is 48.8 Å². The zero-order chi connectivity index (χ0) is 23.4. The third-order valence-corrected chi connectivity index (χ3v) is 7.10. The molecule has 0 bridgehead atoms. The van der Waals surface area contributed by atoms with E-state index in [4.69, 9.17) is 0 Å². The molecule has 6 rings (SSSR count). The van der Waals surface area contributed by atoms with Gasteiger partial charge in [-0.3, -0.25) is 14.5 Å². The highest BCUT2D eigenvalue weighted by molar-refractivity contribution is 6.07. The van der Waals surface area contributed by atoms with Gasteiger partial charge in [-0.1, -0.05) is 12.1 Å². The van der Waals surface area contributed by atoms with Gasteiger partial charge in [-0.15, -0.1) is 0 Å². The number of hydrogen-bond donors (Lipinski definition) is 2. The van der Waals surface area contributed by atoms with Crippen LogP contribution in [0.1, 0.15) is 27.0 Å². The van der Waals surface area contributed by atoms with E-state index in [9.17, 15) is 14.4 Å². The van der Waals surface area contributed by atoms with E-state index in [1.165, 1.54) is 0 Å². The molecular formula is C26H23N5O3. The van der Waals surface area contributed by atoms with E-state index < -0.39 is 5.41 Å². The lowest BCUT2D eigenvalue weighted by Crippen LogP contribution is -2.35. The lowest BCUT2D eigenvalue weighted by molar-refractivity contribution is -0.120. The monoisotopic (exact) mass is 453 g/mol. The van der Waals surface area contributed by atoms with E-state index in [2.05, 4.69) is 15.6 Å². The molecule has 0 saturated carbocycles. The summed E-state index contributed by atoms with van der Waals surface area (Å²) in [5.41, 5.74) is 4.35. The summed E-state index contributed by atoms with van der Waals surface area (Å²) in [7, 11) is 1.78. The molecule has 3 aromatic rings. The van der Waals surface area contributed by atoms with Gasteiger partial charge < -0.3 is 15.5 Å². The number of rotatable bonds is 3. The number of hydrogen-bond acceptors (Lipinski definition) is 4. The second kappa shape index (κ2) is 7.41. The summed E-state index contributed by atoms with van der Waals surface area (Å²) in [5.74, 6) is 0.376. The summed E-state index contributed by atoms with van der Waals surface area (Å²) in [6.07, 6.45) is 2.82. The number of nitrogens with zero attached hydrogens (tertiary/aromatic N) is 3. The van der Waals surface area contributed by atoms with Crippen molar-refractivity contribution >= 4 is 35.0 Å². The van der Waals surface area contributed by atoms with Crippen molar-refractivity contribution in [1.29, 1.82) is 0 Å². The van der Waals surface area contributed by atoms with Crippen LogP contribution >= 0.6 is 0 Å². The molecular weight excluding hydrogens is 430 g/mol. The summed E-state index contributed by atoms with van der Waals surface area (Å²) < 4.78 is 0. The molecule has 3 heterocycles. The molecule has 1 unspecified atom stereocenters. The van der Waals surface area contributed by atoms with E-state index in [1.807, 2.05) is 36.4 Å². The quantitative estimate of drug-likeness (QED) is 0.637. The Balaban J connectivity index is 1.19. The molecule has 1 fully saturated rings. The summed E-state index contributed by atoms with van der Waals surface area (Å²) in [6, 6.07) is 16.7. The Morgan fingerprint density at radius 2 is 1.82 bits per heavy atom. The number of nitrogens with one attached hydrogen (secondary N) is 2. The van der Waals surface area contributed by atoms with Crippen molar-refractivity contribution < 1.29 is 14.4 Å². The number of fused-ring (bicyclic) bond motifs is 3. The number of urea groups is 1. The van der Waals surface area contributed by atoms with Crippen molar-refractivity contribution in [2.24, 2.45) is 0 Å². The first-order valence-corrected chi connectivity index (χ1v) is 11.3. The number of likely N-dealkylation sites (N-methyl/N-ethyl adjacent to an activating group) is 1. The molecule has 2 aliphatic heterocycles. The van der Waals surface area contributed by atoms with Gasteiger partial charge in [0.25, 0.3) is 5.91 Å². The lowest BCUT2D eigenvalue weighted by atomic mass is 9.79. The first-order chi connectivity index (χ1) is 16.4. The number of anilines is 3. The van der Waals surface area contributed by atoms with E-state index in [-0.39, 0.29) is 17.8 Å². The van der Waals surface area contributed by atoms with Crippen molar-refractivity contribution in [3.05, 3.63) is 83.0 Å². The number of aromatic nitrogens is 1. The maximum atomic E-state index is 13.0. The average molecular weight is 454 g/mol. The highest BCUT2D eigenvalue weighted by Gasteiger charge is 2.51. The van der Waals surface area contributed by atoms with Gasteiger partial charge in [-0.25, -0.2) is 9.78 Å². The Morgan fingerprint density at radius 3 is 2.59 bits per heavy atom. The predicted molar refractivity (Wildman–Crippen MR) is 128 cm³/mol. The standard InChI is InChI=1S/C26H23N5O3/c1-30-11-12-31(25(30)34)20-8-6-19(7-9-20)28-23(32)16-4-5-17-14-26(15-18(17)13-16)21-3-2-10-27-22(21)29-24(26)33/h2-10,13H,11-12,14-15H2,1H3,(H,28,32)(H,27,29,33). The van der Waals surface area contributed by atoms with E-state index in [1.54, 1.807) is 41.2 Å². The number of carbonyl (C=O) groups excluding carboxylic acids is 3. The van der Waals surface area contributed by atoms with Crippen molar-refractivity contribution in [2.75, 3.05) is 35.7 Å². The molecule has 1 spiro atoms. The molecule has 2 N–H and O–H groups in total. The summed E-state index contributed by atoms with van der Waals surface area (Å²) >= 11 is 0. The Bertz CT molecular complexity index is 1350. The number of benzene rings is 2. The molecule has 0 radical (unpaired) electrons.